The second-order valence-electron chi connectivity index (χ2n) is 6.55. The maximum Gasteiger partial charge on any atom is 0.243 e. The number of nitrogens with zero attached hydrogens (tertiary/aromatic N) is 1. The highest BCUT2D eigenvalue weighted by Gasteiger charge is 2.21. The first-order chi connectivity index (χ1) is 13.7. The lowest BCUT2D eigenvalue weighted by Crippen LogP contribution is -2.48. The van der Waals surface area contributed by atoms with Crippen LogP contribution in [-0.2, 0) is 22.4 Å². The number of fused-ring (bicyclic) bond motifs is 1. The van der Waals surface area contributed by atoms with Crippen molar-refractivity contribution in [2.24, 2.45) is 0 Å². The van der Waals surface area contributed by atoms with Crippen molar-refractivity contribution in [1.82, 2.24) is 15.6 Å². The molecule has 6 nitrogen and oxygen atoms in total. The molecule has 1 atom stereocenters. The van der Waals surface area contributed by atoms with E-state index in [1.54, 1.807) is 0 Å². The minimum Gasteiger partial charge on any atom is -0.361 e. The van der Waals surface area contributed by atoms with Gasteiger partial charge in [-0.1, -0.05) is 48.5 Å². The summed E-state index contributed by atoms with van der Waals surface area (Å²) in [7, 11) is 0. The molecule has 0 radical (unpaired) electrons. The van der Waals surface area contributed by atoms with Crippen LogP contribution >= 0.6 is 0 Å². The van der Waals surface area contributed by atoms with Gasteiger partial charge < -0.3 is 15.6 Å². The third-order valence-corrected chi connectivity index (χ3v) is 4.57. The van der Waals surface area contributed by atoms with E-state index in [0.29, 0.717) is 12.8 Å². The largest absolute Gasteiger partial charge is 0.361 e. The van der Waals surface area contributed by atoms with Crippen LogP contribution in [0.25, 0.3) is 10.9 Å². The maximum absolute atomic E-state index is 12.5. The number of hydrogen-bond acceptors (Lipinski definition) is 3. The Morgan fingerprint density at radius 3 is 2.61 bits per heavy atom. The number of rotatable bonds is 8. The number of nitrogens with one attached hydrogen (secondary N) is 3. The molecule has 142 valence electrons. The van der Waals surface area contributed by atoms with Gasteiger partial charge >= 0.3 is 0 Å². The van der Waals surface area contributed by atoms with Crippen molar-refractivity contribution in [3.05, 3.63) is 71.9 Å². The highest BCUT2D eigenvalue weighted by atomic mass is 16.2. The predicted molar refractivity (Wildman–Crippen MR) is 107 cm³/mol. The Morgan fingerprint density at radius 1 is 1.07 bits per heavy atom. The second kappa shape index (κ2) is 9.38. The van der Waals surface area contributed by atoms with Gasteiger partial charge in [-0.3, -0.25) is 9.59 Å². The summed E-state index contributed by atoms with van der Waals surface area (Å²) in [6, 6.07) is 18.6. The Morgan fingerprint density at radius 2 is 1.82 bits per heavy atom. The van der Waals surface area contributed by atoms with Gasteiger partial charge in [0.05, 0.1) is 6.07 Å². The fourth-order valence-corrected chi connectivity index (χ4v) is 3.16. The Bertz CT molecular complexity index is 988. The minimum atomic E-state index is -0.716. The van der Waals surface area contributed by atoms with Crippen molar-refractivity contribution in [2.75, 3.05) is 6.54 Å². The summed E-state index contributed by atoms with van der Waals surface area (Å²) >= 11 is 0. The smallest absolute Gasteiger partial charge is 0.243 e. The number of H-pyrrole nitrogens is 1. The molecule has 0 aliphatic carbocycles. The summed E-state index contributed by atoms with van der Waals surface area (Å²) in [5, 5.41) is 15.1. The van der Waals surface area contributed by atoms with Gasteiger partial charge in [0.15, 0.2) is 0 Å². The van der Waals surface area contributed by atoms with Crippen molar-refractivity contribution in [3.8, 4) is 6.07 Å². The number of aryl methyl sites for hydroxylation is 1. The lowest BCUT2D eigenvalue weighted by atomic mass is 10.0. The number of amides is 2. The Labute approximate surface area is 163 Å². The molecule has 0 bridgehead atoms. The average molecular weight is 374 g/mol. The Kier molecular flexibility index (Phi) is 6.42. The van der Waals surface area contributed by atoms with Crippen LogP contribution in [-0.4, -0.2) is 29.4 Å². The molecule has 2 aromatic carbocycles. The highest BCUT2D eigenvalue weighted by Crippen LogP contribution is 2.19. The number of carbonyl (C=O) groups is 2. The lowest BCUT2D eigenvalue weighted by molar-refractivity contribution is -0.128. The fourth-order valence-electron chi connectivity index (χ4n) is 3.16. The van der Waals surface area contributed by atoms with E-state index in [1.807, 2.05) is 66.9 Å². The number of benzene rings is 2. The van der Waals surface area contributed by atoms with E-state index in [9.17, 15) is 9.59 Å². The molecule has 3 rings (SSSR count). The zero-order valence-corrected chi connectivity index (χ0v) is 15.4. The molecule has 6 heteroatoms. The normalized spacial score (nSPS) is 11.5. The first-order valence-electron chi connectivity index (χ1n) is 9.20. The SMILES string of the molecule is N#CCNC(=O)C(Cc1ccccc1)NC(=O)CCc1c[nH]c2ccccc12. The highest BCUT2D eigenvalue weighted by molar-refractivity contribution is 5.88. The van der Waals surface area contributed by atoms with E-state index >= 15 is 0 Å². The number of aromatic amines is 1. The first kappa shape index (κ1) is 19.2. The molecular formula is C22H22N4O2. The van der Waals surface area contributed by atoms with E-state index in [0.717, 1.165) is 22.0 Å². The van der Waals surface area contributed by atoms with Crippen LogP contribution in [0, 0.1) is 11.3 Å². The van der Waals surface area contributed by atoms with Gasteiger partial charge in [-0.2, -0.15) is 5.26 Å². The summed E-state index contributed by atoms with van der Waals surface area (Å²) in [5.41, 5.74) is 3.05. The molecule has 3 N–H and O–H groups in total. The molecule has 1 heterocycles. The number of hydrogen-bond donors (Lipinski definition) is 3. The van der Waals surface area contributed by atoms with E-state index in [1.165, 1.54) is 0 Å². The van der Waals surface area contributed by atoms with Crippen LogP contribution in [0.5, 0.6) is 0 Å². The molecule has 0 fully saturated rings. The molecule has 0 aliphatic heterocycles. The zero-order valence-electron chi connectivity index (χ0n) is 15.4. The molecule has 0 aliphatic rings. The van der Waals surface area contributed by atoms with Gasteiger partial charge in [0.25, 0.3) is 0 Å². The average Bonchev–Trinajstić information content (AvgIpc) is 3.14. The molecule has 2 amide bonds. The van der Waals surface area contributed by atoms with Crippen molar-refractivity contribution in [3.63, 3.8) is 0 Å². The van der Waals surface area contributed by atoms with E-state index in [4.69, 9.17) is 5.26 Å². The number of nitriles is 1. The van der Waals surface area contributed by atoms with Crippen LogP contribution in [0.2, 0.25) is 0 Å². The molecular weight excluding hydrogens is 352 g/mol. The van der Waals surface area contributed by atoms with Crippen LogP contribution < -0.4 is 10.6 Å². The van der Waals surface area contributed by atoms with E-state index < -0.39 is 6.04 Å². The molecule has 0 spiro atoms. The second-order valence-corrected chi connectivity index (χ2v) is 6.55. The maximum atomic E-state index is 12.5. The number of carbonyl (C=O) groups excluding carboxylic acids is 2. The quantitative estimate of drug-likeness (QED) is 0.528. The van der Waals surface area contributed by atoms with Crippen LogP contribution in [0.15, 0.2) is 60.8 Å². The van der Waals surface area contributed by atoms with Crippen molar-refractivity contribution in [2.45, 2.75) is 25.3 Å². The van der Waals surface area contributed by atoms with Gasteiger partial charge in [-0.05, 0) is 23.6 Å². The Hall–Kier alpha value is -3.59. The van der Waals surface area contributed by atoms with Gasteiger partial charge in [0, 0.05) is 29.9 Å². The summed E-state index contributed by atoms with van der Waals surface area (Å²) in [6.07, 6.45) is 3.14. The molecule has 1 aromatic heterocycles. The van der Waals surface area contributed by atoms with Gasteiger partial charge in [0.2, 0.25) is 11.8 Å². The van der Waals surface area contributed by atoms with Crippen molar-refractivity contribution in [1.29, 1.82) is 5.26 Å². The lowest BCUT2D eigenvalue weighted by Gasteiger charge is -2.18. The van der Waals surface area contributed by atoms with Crippen LogP contribution in [0.1, 0.15) is 17.5 Å². The third-order valence-electron chi connectivity index (χ3n) is 4.57. The van der Waals surface area contributed by atoms with E-state index in [-0.39, 0.29) is 24.8 Å². The first-order valence-corrected chi connectivity index (χ1v) is 9.20. The number of para-hydroxylation sites is 1. The van der Waals surface area contributed by atoms with Crippen LogP contribution in [0.4, 0.5) is 0 Å². The van der Waals surface area contributed by atoms with E-state index in [2.05, 4.69) is 15.6 Å². The minimum absolute atomic E-state index is 0.0880. The molecule has 0 saturated heterocycles. The van der Waals surface area contributed by atoms with Crippen molar-refractivity contribution < 1.29 is 9.59 Å². The molecule has 3 aromatic rings. The number of aromatic nitrogens is 1. The third kappa shape index (κ3) is 4.98. The summed E-state index contributed by atoms with van der Waals surface area (Å²) in [5.74, 6) is -0.552. The van der Waals surface area contributed by atoms with Gasteiger partial charge in [-0.15, -0.1) is 0 Å². The summed E-state index contributed by atoms with van der Waals surface area (Å²) < 4.78 is 0. The van der Waals surface area contributed by atoms with Gasteiger partial charge in [-0.25, -0.2) is 0 Å². The van der Waals surface area contributed by atoms with Gasteiger partial charge in [0.1, 0.15) is 12.6 Å². The zero-order chi connectivity index (χ0) is 19.8. The standard InChI is InChI=1S/C22H22N4O2/c23-12-13-24-22(28)20(14-16-6-2-1-3-7-16)26-21(27)11-10-17-15-25-19-9-5-4-8-18(17)19/h1-9,15,20,25H,10-11,13-14H2,(H,24,28)(H,26,27). The molecule has 0 saturated carbocycles. The monoisotopic (exact) mass is 374 g/mol. The fraction of sp³-hybridized carbons (Fsp3) is 0.227. The van der Waals surface area contributed by atoms with Crippen molar-refractivity contribution >= 4 is 22.7 Å². The molecule has 1 unspecified atom stereocenters. The topological polar surface area (TPSA) is 97.8 Å². The molecule has 28 heavy (non-hydrogen) atoms. The summed E-state index contributed by atoms with van der Waals surface area (Å²) in [6.45, 7) is -0.0880. The summed E-state index contributed by atoms with van der Waals surface area (Å²) in [4.78, 5) is 28.1. The Balaban J connectivity index is 1.62. The van der Waals surface area contributed by atoms with Crippen LogP contribution in [0.3, 0.4) is 0 Å². The predicted octanol–water partition coefficient (Wildman–Crippen LogP) is 2.47.